The van der Waals surface area contributed by atoms with Gasteiger partial charge in [-0.15, -0.1) is 0 Å². The van der Waals surface area contributed by atoms with Crippen LogP contribution in [0, 0.1) is 6.04 Å². The maximum absolute atomic E-state index is 5.20. The van der Waals surface area contributed by atoms with Gasteiger partial charge in [0.1, 0.15) is 0 Å². The zero-order valence-electron chi connectivity index (χ0n) is 24.8. The lowest BCUT2D eigenvalue weighted by atomic mass is 9.88. The molecule has 205 valence electrons. The summed E-state index contributed by atoms with van der Waals surface area (Å²) in [5, 5.41) is 0. The molecule has 4 nitrogen and oxygen atoms in total. The van der Waals surface area contributed by atoms with Crippen molar-refractivity contribution in [3.8, 4) is 22.8 Å². The molecule has 1 radical (unpaired) electrons. The topological polar surface area (TPSA) is 41.9 Å². The Labute approximate surface area is 244 Å². The highest BCUT2D eigenvalue weighted by molar-refractivity contribution is 5.76. The van der Waals surface area contributed by atoms with E-state index in [0.29, 0.717) is 29.3 Å². The molecule has 0 amide bonds. The van der Waals surface area contributed by atoms with Crippen molar-refractivity contribution in [2.75, 3.05) is 4.90 Å². The van der Waals surface area contributed by atoms with Crippen LogP contribution in [0.1, 0.15) is 81.5 Å². The second-order valence-electron chi connectivity index (χ2n) is 11.9. The van der Waals surface area contributed by atoms with Crippen molar-refractivity contribution in [3.63, 3.8) is 0 Å². The molecular weight excluding hydrogens is 500 g/mol. The molecule has 4 heteroatoms. The van der Waals surface area contributed by atoms with E-state index in [0.717, 1.165) is 22.7 Å². The summed E-state index contributed by atoms with van der Waals surface area (Å²) in [7, 11) is 0. The fraction of sp³-hybridized carbons (Fsp3) is 0.243. The minimum atomic E-state index is -0.326. The van der Waals surface area contributed by atoms with Crippen LogP contribution < -0.4 is 4.90 Å². The van der Waals surface area contributed by atoms with Crippen LogP contribution in [0.4, 0.5) is 5.69 Å². The largest absolute Gasteiger partial charge is 0.342 e. The number of para-hydroxylation sites is 1. The van der Waals surface area contributed by atoms with Crippen LogP contribution in [-0.2, 0) is 5.54 Å². The van der Waals surface area contributed by atoms with Gasteiger partial charge in [-0.05, 0) is 47.9 Å². The van der Waals surface area contributed by atoms with Crippen molar-refractivity contribution in [2.45, 2.75) is 58.9 Å². The minimum Gasteiger partial charge on any atom is -0.342 e. The summed E-state index contributed by atoms with van der Waals surface area (Å²) in [6.07, 6.45) is 0. The first-order valence-electron chi connectivity index (χ1n) is 14.5. The Balaban J connectivity index is 1.67. The molecule has 0 N–H and O–H groups in total. The summed E-state index contributed by atoms with van der Waals surface area (Å²) in [6, 6.07) is 36.9. The van der Waals surface area contributed by atoms with Gasteiger partial charge in [-0.25, -0.2) is 15.0 Å². The third-order valence-corrected chi connectivity index (χ3v) is 8.10. The number of hydrogen-bond donors (Lipinski definition) is 0. The summed E-state index contributed by atoms with van der Waals surface area (Å²) < 4.78 is 0. The summed E-state index contributed by atoms with van der Waals surface area (Å²) in [4.78, 5) is 17.9. The van der Waals surface area contributed by atoms with Gasteiger partial charge < -0.3 is 4.90 Å². The van der Waals surface area contributed by atoms with Crippen LogP contribution in [0.2, 0.25) is 0 Å². The maximum atomic E-state index is 5.20. The first kappa shape index (κ1) is 26.9. The van der Waals surface area contributed by atoms with E-state index >= 15 is 0 Å². The summed E-state index contributed by atoms with van der Waals surface area (Å²) >= 11 is 0. The van der Waals surface area contributed by atoms with E-state index in [1.54, 1.807) is 0 Å². The van der Waals surface area contributed by atoms with Gasteiger partial charge in [0.25, 0.3) is 0 Å². The molecule has 0 saturated heterocycles. The van der Waals surface area contributed by atoms with Crippen molar-refractivity contribution in [1.29, 1.82) is 0 Å². The predicted octanol–water partition coefficient (Wildman–Crippen LogP) is 9.14. The number of benzene rings is 4. The fourth-order valence-corrected chi connectivity index (χ4v) is 6.04. The summed E-state index contributed by atoms with van der Waals surface area (Å²) in [6.45, 7) is 13.8. The zero-order chi connectivity index (χ0) is 28.7. The van der Waals surface area contributed by atoms with Crippen LogP contribution in [-0.4, -0.2) is 15.0 Å². The second-order valence-corrected chi connectivity index (χ2v) is 11.9. The highest BCUT2D eigenvalue weighted by Crippen LogP contribution is 2.53. The molecule has 0 aliphatic carbocycles. The average molecular weight is 538 g/mol. The number of hydrogen-bond acceptors (Lipinski definition) is 4. The van der Waals surface area contributed by atoms with Gasteiger partial charge in [-0.3, -0.25) is 0 Å². The van der Waals surface area contributed by atoms with E-state index in [1.807, 2.05) is 36.4 Å². The molecule has 1 aromatic heterocycles. The van der Waals surface area contributed by atoms with E-state index in [1.165, 1.54) is 22.4 Å². The number of fused-ring (bicyclic) bond motifs is 1. The second kappa shape index (κ2) is 10.6. The van der Waals surface area contributed by atoms with Crippen molar-refractivity contribution in [3.05, 3.63) is 137 Å². The first-order chi connectivity index (χ1) is 19.8. The van der Waals surface area contributed by atoms with Gasteiger partial charge in [0, 0.05) is 16.8 Å². The number of anilines is 1. The van der Waals surface area contributed by atoms with Crippen molar-refractivity contribution in [1.82, 2.24) is 15.0 Å². The third kappa shape index (κ3) is 4.72. The molecule has 0 bridgehead atoms. The Bertz CT molecular complexity index is 1590. The van der Waals surface area contributed by atoms with Crippen LogP contribution >= 0.6 is 0 Å². The smallest absolute Gasteiger partial charge is 0.166 e. The molecule has 41 heavy (non-hydrogen) atoms. The van der Waals surface area contributed by atoms with Gasteiger partial charge in [0.15, 0.2) is 23.5 Å². The lowest BCUT2D eigenvalue weighted by Gasteiger charge is -2.41. The summed E-state index contributed by atoms with van der Waals surface area (Å²) in [5.74, 6) is 2.73. The van der Waals surface area contributed by atoms with E-state index in [4.69, 9.17) is 15.0 Å². The molecule has 0 saturated carbocycles. The Morgan fingerprint density at radius 2 is 1.00 bits per heavy atom. The van der Waals surface area contributed by atoms with E-state index in [-0.39, 0.29) is 5.54 Å². The molecule has 0 spiro atoms. The van der Waals surface area contributed by atoms with Gasteiger partial charge >= 0.3 is 0 Å². The molecule has 1 aliphatic heterocycles. The predicted molar refractivity (Wildman–Crippen MR) is 169 cm³/mol. The Morgan fingerprint density at radius 1 is 0.537 bits per heavy atom. The Hall–Kier alpha value is -4.31. The van der Waals surface area contributed by atoms with Gasteiger partial charge in [-0.2, -0.15) is 0 Å². The molecule has 6 rings (SSSR count). The lowest BCUT2D eigenvalue weighted by molar-refractivity contribution is 0.526. The van der Waals surface area contributed by atoms with Gasteiger partial charge in [0.2, 0.25) is 0 Å². The molecule has 5 aromatic rings. The average Bonchev–Trinajstić information content (AvgIpc) is 3.23. The van der Waals surface area contributed by atoms with E-state index in [2.05, 4.69) is 113 Å². The van der Waals surface area contributed by atoms with E-state index < -0.39 is 0 Å². The molecule has 1 aliphatic rings. The zero-order valence-corrected chi connectivity index (χ0v) is 24.8. The molecular formula is C37H37N4. The van der Waals surface area contributed by atoms with Gasteiger partial charge in [0.05, 0.1) is 5.54 Å². The lowest BCUT2D eigenvalue weighted by Crippen LogP contribution is -2.40. The number of rotatable bonds is 6. The Morgan fingerprint density at radius 3 is 1.51 bits per heavy atom. The monoisotopic (exact) mass is 537 g/mol. The Kier molecular flexibility index (Phi) is 6.94. The maximum Gasteiger partial charge on any atom is 0.166 e. The normalized spacial score (nSPS) is 14.6. The first-order valence-corrected chi connectivity index (χ1v) is 14.5. The SMILES string of the molecule is CC(C)c1cccc(C(C)C)c1N1[C](c2nc(-c3ccccc3)nc(-c3ccccc3)n2)c2ccccc2C1(C)C. The highest BCUT2D eigenvalue weighted by atomic mass is 15.3. The molecule has 4 aromatic carbocycles. The van der Waals surface area contributed by atoms with Crippen molar-refractivity contribution in [2.24, 2.45) is 0 Å². The standard InChI is InChI=1S/C37H37N4/c1-24(2)28-21-15-22-29(25(3)4)32(28)41-33(30-20-13-14-23-31(30)37(41,5)6)36-39-34(26-16-9-7-10-17-26)38-35(40-36)27-18-11-8-12-19-27/h7-25H,1-6H3. The van der Waals surface area contributed by atoms with Crippen LogP contribution in [0.3, 0.4) is 0 Å². The van der Waals surface area contributed by atoms with Crippen molar-refractivity contribution < 1.29 is 0 Å². The quantitative estimate of drug-likeness (QED) is 0.217. The molecule has 0 fully saturated rings. The van der Waals surface area contributed by atoms with Crippen LogP contribution in [0.5, 0.6) is 0 Å². The van der Waals surface area contributed by atoms with Crippen LogP contribution in [0.25, 0.3) is 22.8 Å². The van der Waals surface area contributed by atoms with Gasteiger partial charge in [-0.1, -0.05) is 131 Å². The van der Waals surface area contributed by atoms with Crippen LogP contribution in [0.15, 0.2) is 103 Å². The summed E-state index contributed by atoms with van der Waals surface area (Å²) in [5.41, 5.74) is 7.96. The van der Waals surface area contributed by atoms with E-state index in [9.17, 15) is 0 Å². The highest BCUT2D eigenvalue weighted by Gasteiger charge is 2.48. The minimum absolute atomic E-state index is 0.326. The van der Waals surface area contributed by atoms with Crippen molar-refractivity contribution >= 4 is 5.69 Å². The molecule has 0 unspecified atom stereocenters. The number of nitrogens with zero attached hydrogens (tertiary/aromatic N) is 4. The fourth-order valence-electron chi connectivity index (χ4n) is 6.04. The number of aromatic nitrogens is 3. The molecule has 2 heterocycles. The molecule has 0 atom stereocenters. The third-order valence-electron chi connectivity index (χ3n) is 8.10.